The van der Waals surface area contributed by atoms with Gasteiger partial charge in [0.1, 0.15) is 23.5 Å². The highest BCUT2D eigenvalue weighted by molar-refractivity contribution is 5.94. The summed E-state index contributed by atoms with van der Waals surface area (Å²) in [6, 6.07) is 13.3. The fourth-order valence-electron chi connectivity index (χ4n) is 2.68. The molecule has 0 spiro atoms. The largest absolute Gasteiger partial charge is 0.461 e. The summed E-state index contributed by atoms with van der Waals surface area (Å²) < 4.78 is 15.5. The third-order valence-corrected chi connectivity index (χ3v) is 4.00. The van der Waals surface area contributed by atoms with Crippen molar-refractivity contribution in [2.75, 3.05) is 6.54 Å². The zero-order valence-corrected chi connectivity index (χ0v) is 15.3. The molecule has 0 unspecified atom stereocenters. The van der Waals surface area contributed by atoms with E-state index in [1.54, 1.807) is 36.4 Å². The molecule has 0 saturated carbocycles. The van der Waals surface area contributed by atoms with Gasteiger partial charge >= 0.3 is 17.6 Å². The van der Waals surface area contributed by atoms with Gasteiger partial charge in [-0.25, -0.2) is 9.59 Å². The molecule has 28 heavy (non-hydrogen) atoms. The number of nitrogens with two attached hydrogens (primary N) is 1. The van der Waals surface area contributed by atoms with Gasteiger partial charge in [-0.15, -0.1) is 0 Å². The quantitative estimate of drug-likeness (QED) is 0.397. The average molecular weight is 381 g/mol. The van der Waals surface area contributed by atoms with Crippen molar-refractivity contribution in [3.05, 3.63) is 75.6 Å². The molecule has 144 valence electrons. The number of ether oxygens (including phenoxy) is 2. The van der Waals surface area contributed by atoms with Gasteiger partial charge < -0.3 is 19.6 Å². The predicted molar refractivity (Wildman–Crippen MR) is 102 cm³/mol. The second-order valence-corrected chi connectivity index (χ2v) is 6.18. The second-order valence-electron chi connectivity index (χ2n) is 6.18. The highest BCUT2D eigenvalue weighted by Gasteiger charge is 2.16. The summed E-state index contributed by atoms with van der Waals surface area (Å²) >= 11 is 0. The lowest BCUT2D eigenvalue weighted by atomic mass is 10.1. The number of rotatable bonds is 6. The maximum absolute atomic E-state index is 12.5. The van der Waals surface area contributed by atoms with Gasteiger partial charge in [0.25, 0.3) is 0 Å². The Labute approximate surface area is 160 Å². The van der Waals surface area contributed by atoms with E-state index in [0.717, 1.165) is 5.56 Å². The molecule has 0 atom stereocenters. The lowest BCUT2D eigenvalue weighted by Crippen LogP contribution is -2.18. The summed E-state index contributed by atoms with van der Waals surface area (Å²) in [5, 5.41) is 0.521. The molecule has 2 aromatic carbocycles. The van der Waals surface area contributed by atoms with Crippen LogP contribution >= 0.6 is 0 Å². The van der Waals surface area contributed by atoms with Crippen molar-refractivity contribution in [2.45, 2.75) is 20.0 Å². The Kier molecular flexibility index (Phi) is 5.86. The Morgan fingerprint density at radius 3 is 2.64 bits per heavy atom. The van der Waals surface area contributed by atoms with E-state index in [4.69, 9.17) is 19.6 Å². The van der Waals surface area contributed by atoms with E-state index >= 15 is 0 Å². The minimum Gasteiger partial charge on any atom is -0.461 e. The van der Waals surface area contributed by atoms with Crippen molar-refractivity contribution in [2.24, 2.45) is 5.73 Å². The smallest absolute Gasteiger partial charge is 0.351 e. The SMILES string of the molecule is CC(=O)OCc1ccc2oc(=O)c(C(=O)Oc3cccc(CCN)c3)cc2c1. The Morgan fingerprint density at radius 1 is 1.07 bits per heavy atom. The van der Waals surface area contributed by atoms with E-state index < -0.39 is 17.6 Å². The van der Waals surface area contributed by atoms with Crippen LogP contribution in [-0.2, 0) is 22.6 Å². The molecule has 0 saturated heterocycles. The van der Waals surface area contributed by atoms with Crippen molar-refractivity contribution < 1.29 is 23.5 Å². The molecular weight excluding hydrogens is 362 g/mol. The summed E-state index contributed by atoms with van der Waals surface area (Å²) in [6.07, 6.45) is 0.647. The van der Waals surface area contributed by atoms with E-state index in [1.165, 1.54) is 13.0 Å². The van der Waals surface area contributed by atoms with Crippen LogP contribution in [0.4, 0.5) is 0 Å². The third kappa shape index (κ3) is 4.63. The highest BCUT2D eigenvalue weighted by Crippen LogP contribution is 2.19. The van der Waals surface area contributed by atoms with E-state index in [2.05, 4.69) is 0 Å². The molecule has 0 aliphatic heterocycles. The normalized spacial score (nSPS) is 10.6. The standard InChI is InChI=1S/C21H19NO6/c1-13(23)26-12-15-5-6-19-16(9-15)11-18(21(25)28-19)20(24)27-17-4-2-3-14(10-17)7-8-22/h2-6,9-11H,7-8,12,22H2,1H3. The Balaban J connectivity index is 1.87. The molecular formula is C21H19NO6. The summed E-state index contributed by atoms with van der Waals surface area (Å²) in [5.74, 6) is -0.897. The Morgan fingerprint density at radius 2 is 1.89 bits per heavy atom. The first-order valence-corrected chi connectivity index (χ1v) is 8.67. The van der Waals surface area contributed by atoms with E-state index in [1.807, 2.05) is 6.07 Å². The number of hydrogen-bond donors (Lipinski definition) is 1. The van der Waals surface area contributed by atoms with Crippen LogP contribution < -0.4 is 16.1 Å². The fraction of sp³-hybridized carbons (Fsp3) is 0.190. The van der Waals surface area contributed by atoms with Crippen molar-refractivity contribution in [1.29, 1.82) is 0 Å². The van der Waals surface area contributed by atoms with Crippen LogP contribution in [0.3, 0.4) is 0 Å². The monoisotopic (exact) mass is 381 g/mol. The fourth-order valence-corrected chi connectivity index (χ4v) is 2.68. The van der Waals surface area contributed by atoms with Gasteiger partial charge in [0.2, 0.25) is 0 Å². The maximum atomic E-state index is 12.5. The average Bonchev–Trinajstić information content (AvgIpc) is 2.66. The number of fused-ring (bicyclic) bond motifs is 1. The van der Waals surface area contributed by atoms with Gasteiger partial charge in [0, 0.05) is 12.3 Å². The topological polar surface area (TPSA) is 109 Å². The van der Waals surface area contributed by atoms with Crippen molar-refractivity contribution in [3.8, 4) is 5.75 Å². The molecule has 2 N–H and O–H groups in total. The van der Waals surface area contributed by atoms with Crippen LogP contribution in [0.2, 0.25) is 0 Å². The van der Waals surface area contributed by atoms with Crippen molar-refractivity contribution in [3.63, 3.8) is 0 Å². The Bertz CT molecular complexity index is 1090. The van der Waals surface area contributed by atoms with Crippen molar-refractivity contribution in [1.82, 2.24) is 0 Å². The van der Waals surface area contributed by atoms with Crippen LogP contribution in [0.1, 0.15) is 28.4 Å². The number of carbonyl (C=O) groups excluding carboxylic acids is 2. The highest BCUT2D eigenvalue weighted by atomic mass is 16.5. The zero-order chi connectivity index (χ0) is 20.1. The molecule has 0 radical (unpaired) electrons. The summed E-state index contributed by atoms with van der Waals surface area (Å²) in [4.78, 5) is 35.6. The lowest BCUT2D eigenvalue weighted by Gasteiger charge is -2.07. The van der Waals surface area contributed by atoms with Gasteiger partial charge in [0.15, 0.2) is 0 Å². The summed E-state index contributed by atoms with van der Waals surface area (Å²) in [5.41, 5.74) is 6.47. The third-order valence-electron chi connectivity index (χ3n) is 4.00. The summed E-state index contributed by atoms with van der Waals surface area (Å²) in [7, 11) is 0. The molecule has 0 aliphatic carbocycles. The first-order chi connectivity index (χ1) is 13.5. The van der Waals surface area contributed by atoms with Gasteiger partial charge in [0.05, 0.1) is 0 Å². The molecule has 0 fully saturated rings. The first kappa shape index (κ1) is 19.3. The molecule has 7 nitrogen and oxygen atoms in total. The molecule has 3 rings (SSSR count). The van der Waals surface area contributed by atoms with E-state index in [0.29, 0.717) is 35.2 Å². The van der Waals surface area contributed by atoms with Crippen LogP contribution in [0.25, 0.3) is 11.0 Å². The number of carbonyl (C=O) groups is 2. The second kappa shape index (κ2) is 8.49. The van der Waals surface area contributed by atoms with Crippen LogP contribution in [0.15, 0.2) is 57.7 Å². The van der Waals surface area contributed by atoms with Crippen LogP contribution in [-0.4, -0.2) is 18.5 Å². The molecule has 0 aliphatic rings. The minimum absolute atomic E-state index is 0.0815. The van der Waals surface area contributed by atoms with Crippen molar-refractivity contribution >= 4 is 22.9 Å². The molecule has 0 amide bonds. The zero-order valence-electron chi connectivity index (χ0n) is 15.3. The predicted octanol–water partition coefficient (Wildman–Crippen LogP) is 2.58. The van der Waals surface area contributed by atoms with Crippen LogP contribution in [0, 0.1) is 0 Å². The Hall–Kier alpha value is -3.45. The summed E-state index contributed by atoms with van der Waals surface area (Å²) in [6.45, 7) is 1.87. The van der Waals surface area contributed by atoms with E-state index in [9.17, 15) is 14.4 Å². The van der Waals surface area contributed by atoms with Gasteiger partial charge in [-0.3, -0.25) is 4.79 Å². The van der Waals surface area contributed by atoms with Crippen LogP contribution in [0.5, 0.6) is 5.75 Å². The molecule has 3 aromatic rings. The van der Waals surface area contributed by atoms with Gasteiger partial charge in [-0.05, 0) is 54.4 Å². The molecule has 1 aromatic heterocycles. The molecule has 0 bridgehead atoms. The molecule has 1 heterocycles. The number of esters is 2. The van der Waals surface area contributed by atoms with Gasteiger partial charge in [-0.1, -0.05) is 18.2 Å². The van der Waals surface area contributed by atoms with E-state index in [-0.39, 0.29) is 12.2 Å². The minimum atomic E-state index is -0.814. The maximum Gasteiger partial charge on any atom is 0.351 e. The first-order valence-electron chi connectivity index (χ1n) is 8.67. The number of benzene rings is 2. The van der Waals surface area contributed by atoms with Gasteiger partial charge in [-0.2, -0.15) is 0 Å². The number of hydrogen-bond acceptors (Lipinski definition) is 7. The molecule has 7 heteroatoms. The lowest BCUT2D eigenvalue weighted by molar-refractivity contribution is -0.142.